The number of esters is 1. The van der Waals surface area contributed by atoms with Crippen LogP contribution >= 0.6 is 11.8 Å². The summed E-state index contributed by atoms with van der Waals surface area (Å²) >= 11 is 1.58. The lowest BCUT2D eigenvalue weighted by Gasteiger charge is -2.20. The molecule has 1 heterocycles. The number of hydrogen-bond acceptors (Lipinski definition) is 5. The predicted molar refractivity (Wildman–Crippen MR) is 159 cm³/mol. The van der Waals surface area contributed by atoms with Crippen molar-refractivity contribution in [1.82, 2.24) is 4.90 Å². The van der Waals surface area contributed by atoms with Gasteiger partial charge in [-0.3, -0.25) is 4.79 Å². The van der Waals surface area contributed by atoms with E-state index in [2.05, 4.69) is 24.4 Å². The predicted octanol–water partition coefficient (Wildman–Crippen LogP) is 8.06. The van der Waals surface area contributed by atoms with Gasteiger partial charge in [0.1, 0.15) is 6.04 Å². The molecule has 208 valence electrons. The third kappa shape index (κ3) is 13.4. The van der Waals surface area contributed by atoms with E-state index < -0.39 is 6.04 Å². The Hall–Kier alpha value is -1.95. The summed E-state index contributed by atoms with van der Waals surface area (Å²) in [5, 5.41) is 3.50. The van der Waals surface area contributed by atoms with Crippen LogP contribution in [-0.2, 0) is 14.3 Å². The molecule has 1 fully saturated rings. The van der Waals surface area contributed by atoms with Crippen molar-refractivity contribution in [1.29, 1.82) is 0 Å². The first-order valence-corrected chi connectivity index (χ1v) is 15.9. The van der Waals surface area contributed by atoms with Crippen LogP contribution in [0.4, 0.5) is 5.69 Å². The van der Waals surface area contributed by atoms with Gasteiger partial charge in [0.2, 0.25) is 5.91 Å². The molecule has 1 saturated heterocycles. The van der Waals surface area contributed by atoms with Crippen molar-refractivity contribution in [2.24, 2.45) is 0 Å². The second-order valence-corrected chi connectivity index (χ2v) is 11.1. The molecule has 5 nitrogen and oxygen atoms in total. The Balaban J connectivity index is 1.51. The first-order chi connectivity index (χ1) is 18.2. The molecule has 37 heavy (non-hydrogen) atoms. The number of amides is 1. The molecule has 0 aliphatic carbocycles. The summed E-state index contributed by atoms with van der Waals surface area (Å²) in [6, 6.07) is 7.66. The van der Waals surface area contributed by atoms with Gasteiger partial charge in [-0.1, -0.05) is 103 Å². The number of hydrogen-bond donors (Lipinski definition) is 1. The largest absolute Gasteiger partial charge is 0.464 e. The van der Waals surface area contributed by atoms with Crippen molar-refractivity contribution < 1.29 is 14.3 Å². The summed E-state index contributed by atoms with van der Waals surface area (Å²) in [6.45, 7) is 5.39. The number of unbranched alkanes of at least 4 members (excludes halogenated alkanes) is 13. The molecule has 0 bridgehead atoms. The van der Waals surface area contributed by atoms with E-state index in [0.29, 0.717) is 18.2 Å². The zero-order chi connectivity index (χ0) is 26.6. The van der Waals surface area contributed by atoms with Crippen LogP contribution in [-0.4, -0.2) is 47.6 Å². The number of ether oxygens (including phenoxy) is 1. The second kappa shape index (κ2) is 20.1. The van der Waals surface area contributed by atoms with Gasteiger partial charge < -0.3 is 15.0 Å². The van der Waals surface area contributed by atoms with Gasteiger partial charge in [0.25, 0.3) is 0 Å². The molecular formula is C31H50N2O3S. The summed E-state index contributed by atoms with van der Waals surface area (Å²) in [4.78, 5) is 26.2. The van der Waals surface area contributed by atoms with Crippen molar-refractivity contribution in [2.75, 3.05) is 30.1 Å². The fourth-order valence-electron chi connectivity index (χ4n) is 4.62. The molecule has 6 heteroatoms. The summed E-state index contributed by atoms with van der Waals surface area (Å²) in [6.07, 6.45) is 22.7. The molecule has 1 atom stereocenters. The highest BCUT2D eigenvalue weighted by molar-refractivity contribution is 7.99. The van der Waals surface area contributed by atoms with E-state index in [9.17, 15) is 9.59 Å². The van der Waals surface area contributed by atoms with E-state index >= 15 is 0 Å². The van der Waals surface area contributed by atoms with Gasteiger partial charge in [0.05, 0.1) is 12.5 Å². The SMILES string of the molecule is CCCCCCCCCCCCCCCCNc1ccc(C=CC(=O)N2CSCC2C(=O)OCC)cc1. The lowest BCUT2D eigenvalue weighted by atomic mass is 10.0. The molecule has 1 N–H and O–H groups in total. The molecule has 1 aromatic rings. The summed E-state index contributed by atoms with van der Waals surface area (Å²) < 4.78 is 5.10. The lowest BCUT2D eigenvalue weighted by molar-refractivity contribution is -0.151. The lowest BCUT2D eigenvalue weighted by Crippen LogP contribution is -2.42. The Morgan fingerprint density at radius 3 is 2.03 bits per heavy atom. The highest BCUT2D eigenvalue weighted by atomic mass is 32.2. The van der Waals surface area contributed by atoms with Crippen LogP contribution in [0.2, 0.25) is 0 Å². The number of carbonyl (C=O) groups is 2. The summed E-state index contributed by atoms with van der Waals surface area (Å²) in [5.41, 5.74) is 2.08. The van der Waals surface area contributed by atoms with Gasteiger partial charge >= 0.3 is 5.97 Å². The van der Waals surface area contributed by atoms with Crippen LogP contribution in [0.1, 0.15) is 109 Å². The smallest absolute Gasteiger partial charge is 0.329 e. The average Bonchev–Trinajstić information content (AvgIpc) is 3.41. The van der Waals surface area contributed by atoms with Crippen molar-refractivity contribution in [3.05, 3.63) is 35.9 Å². The van der Waals surface area contributed by atoms with Crippen LogP contribution in [0.15, 0.2) is 30.3 Å². The Morgan fingerprint density at radius 2 is 1.46 bits per heavy atom. The number of nitrogens with one attached hydrogen (secondary N) is 1. The van der Waals surface area contributed by atoms with E-state index in [1.54, 1.807) is 29.7 Å². The second-order valence-electron chi connectivity index (χ2n) is 10.1. The van der Waals surface area contributed by atoms with Crippen molar-refractivity contribution in [2.45, 2.75) is 110 Å². The fourth-order valence-corrected chi connectivity index (χ4v) is 5.77. The molecule has 1 aliphatic rings. The number of thioether (sulfide) groups is 1. The normalized spacial score (nSPS) is 15.4. The molecule has 0 saturated carbocycles. The minimum Gasteiger partial charge on any atom is -0.464 e. The third-order valence-electron chi connectivity index (χ3n) is 6.91. The van der Waals surface area contributed by atoms with Crippen molar-refractivity contribution >= 4 is 35.4 Å². The number of anilines is 1. The van der Waals surface area contributed by atoms with E-state index in [1.165, 1.54) is 89.9 Å². The number of benzene rings is 1. The van der Waals surface area contributed by atoms with Crippen LogP contribution in [0.5, 0.6) is 0 Å². The van der Waals surface area contributed by atoms with Gasteiger partial charge in [0.15, 0.2) is 0 Å². The van der Waals surface area contributed by atoms with Crippen molar-refractivity contribution in [3.8, 4) is 0 Å². The van der Waals surface area contributed by atoms with E-state index in [4.69, 9.17) is 4.74 Å². The Kier molecular flexibility index (Phi) is 17.0. The van der Waals surface area contributed by atoms with Gasteiger partial charge in [-0.15, -0.1) is 11.8 Å². The maximum absolute atomic E-state index is 12.6. The third-order valence-corrected chi connectivity index (χ3v) is 7.92. The van der Waals surface area contributed by atoms with Crippen molar-refractivity contribution in [3.63, 3.8) is 0 Å². The minimum absolute atomic E-state index is 0.150. The fraction of sp³-hybridized carbons (Fsp3) is 0.677. The molecule has 1 amide bonds. The first-order valence-electron chi connectivity index (χ1n) is 14.7. The Bertz CT molecular complexity index is 781. The summed E-state index contributed by atoms with van der Waals surface area (Å²) in [5.74, 6) is 0.652. The maximum Gasteiger partial charge on any atom is 0.329 e. The minimum atomic E-state index is -0.483. The van der Waals surface area contributed by atoms with Gasteiger partial charge in [-0.25, -0.2) is 4.79 Å². The van der Waals surface area contributed by atoms with Crippen LogP contribution in [0.3, 0.4) is 0 Å². The quantitative estimate of drug-likeness (QED) is 0.105. The van der Waals surface area contributed by atoms with E-state index in [1.807, 2.05) is 18.2 Å². The first kappa shape index (κ1) is 31.3. The zero-order valence-electron chi connectivity index (χ0n) is 23.3. The molecule has 1 aliphatic heterocycles. The molecule has 0 spiro atoms. The molecule has 0 aromatic heterocycles. The molecule has 1 aromatic carbocycles. The van der Waals surface area contributed by atoms with E-state index in [-0.39, 0.29) is 11.9 Å². The number of carbonyl (C=O) groups excluding carboxylic acids is 2. The van der Waals surface area contributed by atoms with Crippen LogP contribution < -0.4 is 5.32 Å². The molecular weight excluding hydrogens is 480 g/mol. The van der Waals surface area contributed by atoms with Gasteiger partial charge in [-0.05, 0) is 37.1 Å². The van der Waals surface area contributed by atoms with Gasteiger partial charge in [0, 0.05) is 24.1 Å². The van der Waals surface area contributed by atoms with Crippen LogP contribution in [0, 0.1) is 0 Å². The average molecular weight is 531 g/mol. The topological polar surface area (TPSA) is 58.6 Å². The molecule has 0 radical (unpaired) electrons. The number of nitrogens with zero attached hydrogens (tertiary/aromatic N) is 1. The van der Waals surface area contributed by atoms with Gasteiger partial charge in [-0.2, -0.15) is 0 Å². The Labute approximate surface area is 230 Å². The highest BCUT2D eigenvalue weighted by Gasteiger charge is 2.34. The summed E-state index contributed by atoms with van der Waals surface area (Å²) in [7, 11) is 0. The molecule has 1 unspecified atom stereocenters. The number of rotatable bonds is 20. The standard InChI is InChI=1S/C31H50N2O3S/c1-3-5-6-7-8-9-10-11-12-13-14-15-16-17-24-32-28-21-18-27(19-22-28)20-23-30(34)33-26-37-25-29(33)31(35)36-4-2/h18-23,29,32H,3-17,24-26H2,1-2H3. The maximum atomic E-state index is 12.6. The monoisotopic (exact) mass is 530 g/mol. The van der Waals surface area contributed by atoms with E-state index in [0.717, 1.165) is 17.8 Å². The Morgan fingerprint density at radius 1 is 0.892 bits per heavy atom. The van der Waals surface area contributed by atoms with Crippen LogP contribution in [0.25, 0.3) is 6.08 Å². The zero-order valence-corrected chi connectivity index (χ0v) is 24.2. The molecule has 2 rings (SSSR count). The highest BCUT2D eigenvalue weighted by Crippen LogP contribution is 2.22.